The molecule has 0 bridgehead atoms. The summed E-state index contributed by atoms with van der Waals surface area (Å²) >= 11 is 7.77. The molecule has 0 radical (unpaired) electrons. The van der Waals surface area contributed by atoms with Crippen molar-refractivity contribution in [2.24, 2.45) is 0 Å². The minimum absolute atomic E-state index is 0.0584. The lowest BCUT2D eigenvalue weighted by atomic mass is 10.2. The molecule has 1 heterocycles. The van der Waals surface area contributed by atoms with Gasteiger partial charge in [-0.2, -0.15) is 0 Å². The lowest BCUT2D eigenvalue weighted by Gasteiger charge is -2.17. The average molecular weight is 462 g/mol. The summed E-state index contributed by atoms with van der Waals surface area (Å²) in [6.07, 6.45) is 1.61. The number of rotatable bonds is 7. The fourth-order valence-electron chi connectivity index (χ4n) is 2.79. The molecule has 1 fully saturated rings. The highest BCUT2D eigenvalue weighted by atomic mass is 32.2. The van der Waals surface area contributed by atoms with Crippen molar-refractivity contribution in [3.63, 3.8) is 0 Å². The van der Waals surface area contributed by atoms with Crippen LogP contribution >= 0.6 is 35.7 Å². The first-order valence-electron chi connectivity index (χ1n) is 8.89. The third-order valence-corrected chi connectivity index (χ3v) is 6.59. The third kappa shape index (κ3) is 4.84. The lowest BCUT2D eigenvalue weighted by molar-refractivity contribution is -0.387. The van der Waals surface area contributed by atoms with E-state index >= 15 is 0 Å². The van der Waals surface area contributed by atoms with Crippen molar-refractivity contribution in [1.82, 2.24) is 0 Å². The molecule has 10 heteroatoms. The van der Waals surface area contributed by atoms with Crippen molar-refractivity contribution < 1.29 is 14.8 Å². The van der Waals surface area contributed by atoms with E-state index in [9.17, 15) is 14.9 Å². The largest absolute Gasteiger partial charge is 0.396 e. The van der Waals surface area contributed by atoms with Crippen LogP contribution in [0.5, 0.6) is 0 Å². The van der Waals surface area contributed by atoms with Crippen LogP contribution in [0, 0.1) is 10.1 Å². The van der Waals surface area contributed by atoms with Gasteiger partial charge in [-0.15, -0.1) is 11.8 Å². The smallest absolute Gasteiger partial charge is 0.283 e. The van der Waals surface area contributed by atoms with E-state index in [1.54, 1.807) is 18.2 Å². The Labute approximate surface area is 187 Å². The predicted molar refractivity (Wildman–Crippen MR) is 127 cm³/mol. The first-order valence-corrected chi connectivity index (χ1v) is 11.1. The van der Waals surface area contributed by atoms with Gasteiger partial charge in [-0.3, -0.25) is 19.8 Å². The van der Waals surface area contributed by atoms with E-state index in [-0.39, 0.29) is 18.2 Å². The Balaban J connectivity index is 1.88. The minimum atomic E-state index is -0.464. The number of amides is 1. The molecule has 1 saturated heterocycles. The highest BCUT2D eigenvalue weighted by molar-refractivity contribution is 8.27. The second kappa shape index (κ2) is 9.61. The van der Waals surface area contributed by atoms with Gasteiger partial charge in [0.25, 0.3) is 11.6 Å². The second-order valence-corrected chi connectivity index (χ2v) is 9.30. The number of aliphatic hydroxyl groups excluding tert-OH is 1. The number of hydrogen-bond donors (Lipinski definition) is 1. The number of aliphatic hydroxyl groups is 1. The molecule has 1 aliphatic heterocycles. The Hall–Kier alpha value is -2.40. The quantitative estimate of drug-likeness (QED) is 0.216. The lowest BCUT2D eigenvalue weighted by Crippen LogP contribution is -2.27. The van der Waals surface area contributed by atoms with Crippen LogP contribution in [0.25, 0.3) is 6.08 Å². The van der Waals surface area contributed by atoms with Crippen LogP contribution in [0.15, 0.2) is 52.3 Å². The van der Waals surface area contributed by atoms with E-state index in [0.717, 1.165) is 17.4 Å². The molecule has 2 aromatic carbocycles. The number of carbonyl (C=O) groups excluding carboxylic acids is 1. The van der Waals surface area contributed by atoms with E-state index < -0.39 is 4.92 Å². The fourth-order valence-corrected chi connectivity index (χ4v) is 4.84. The zero-order valence-corrected chi connectivity index (χ0v) is 18.7. The fraction of sp³-hybridized carbons (Fsp3) is 0.200. The third-order valence-electron chi connectivity index (χ3n) is 4.24. The maximum atomic E-state index is 12.9. The topological polar surface area (TPSA) is 86.9 Å². The molecular weight excluding hydrogens is 442 g/mol. The second-order valence-electron chi connectivity index (χ2n) is 6.48. The van der Waals surface area contributed by atoms with E-state index in [0.29, 0.717) is 31.1 Å². The van der Waals surface area contributed by atoms with Crippen molar-refractivity contribution in [2.45, 2.75) is 4.90 Å². The Kier molecular flexibility index (Phi) is 7.14. The van der Waals surface area contributed by atoms with Gasteiger partial charge in [-0.25, -0.2) is 0 Å². The number of thiocarbonyl (C=S) groups is 1. The number of nitrogens with zero attached hydrogens (tertiary/aromatic N) is 3. The Bertz CT molecular complexity index is 1020. The minimum Gasteiger partial charge on any atom is -0.396 e. The molecule has 0 aromatic heterocycles. The molecule has 156 valence electrons. The average Bonchev–Trinajstić information content (AvgIpc) is 2.99. The van der Waals surface area contributed by atoms with Crippen molar-refractivity contribution in [3.8, 4) is 0 Å². The maximum Gasteiger partial charge on any atom is 0.283 e. The molecule has 0 aliphatic carbocycles. The van der Waals surface area contributed by atoms with Gasteiger partial charge in [-0.05, 0) is 42.0 Å². The zero-order chi connectivity index (χ0) is 21.8. The molecule has 0 spiro atoms. The summed E-state index contributed by atoms with van der Waals surface area (Å²) in [6, 6.07) is 12.3. The van der Waals surface area contributed by atoms with E-state index in [2.05, 4.69) is 0 Å². The van der Waals surface area contributed by atoms with Gasteiger partial charge < -0.3 is 10.0 Å². The number of benzene rings is 2. The first kappa shape index (κ1) is 22.3. The zero-order valence-electron chi connectivity index (χ0n) is 16.3. The summed E-state index contributed by atoms with van der Waals surface area (Å²) < 4.78 is 0.411. The van der Waals surface area contributed by atoms with E-state index in [1.807, 2.05) is 43.3 Å². The van der Waals surface area contributed by atoms with E-state index in [1.165, 1.54) is 22.7 Å². The van der Waals surface area contributed by atoms with Crippen LogP contribution in [0.2, 0.25) is 0 Å². The molecule has 2 aromatic rings. The van der Waals surface area contributed by atoms with E-state index in [4.69, 9.17) is 17.3 Å². The van der Waals surface area contributed by atoms with Crippen LogP contribution in [-0.2, 0) is 4.79 Å². The number of thioether (sulfide) groups is 2. The normalized spacial score (nSPS) is 15.2. The van der Waals surface area contributed by atoms with Gasteiger partial charge in [0, 0.05) is 31.6 Å². The van der Waals surface area contributed by atoms with Crippen LogP contribution in [0.1, 0.15) is 5.56 Å². The number of hydrogen-bond acceptors (Lipinski definition) is 8. The Morgan fingerprint density at radius 1 is 1.27 bits per heavy atom. The molecule has 3 rings (SSSR count). The highest BCUT2D eigenvalue weighted by Gasteiger charge is 2.33. The van der Waals surface area contributed by atoms with Gasteiger partial charge in [0.05, 0.1) is 27.0 Å². The molecule has 7 nitrogen and oxygen atoms in total. The molecule has 1 N–H and O–H groups in total. The molecule has 1 aliphatic rings. The molecular formula is C20H19N3O4S3. The summed E-state index contributed by atoms with van der Waals surface area (Å²) in [5, 5.41) is 20.4. The van der Waals surface area contributed by atoms with Crippen LogP contribution < -0.4 is 9.80 Å². The van der Waals surface area contributed by atoms with Crippen molar-refractivity contribution in [1.29, 1.82) is 0 Å². The van der Waals surface area contributed by atoms with Crippen molar-refractivity contribution in [2.75, 3.05) is 36.3 Å². The number of carbonyl (C=O) groups is 1. The number of nitro groups is 1. The molecule has 1 amide bonds. The molecule has 0 unspecified atom stereocenters. The maximum absolute atomic E-state index is 12.9. The van der Waals surface area contributed by atoms with Gasteiger partial charge in [-0.1, -0.05) is 30.0 Å². The monoisotopic (exact) mass is 461 g/mol. The van der Waals surface area contributed by atoms with Gasteiger partial charge in [0.15, 0.2) is 4.32 Å². The van der Waals surface area contributed by atoms with Crippen LogP contribution in [0.4, 0.5) is 17.1 Å². The number of anilines is 2. The summed E-state index contributed by atoms with van der Waals surface area (Å²) in [6.45, 7) is -0.0679. The van der Waals surface area contributed by atoms with Crippen LogP contribution in [0.3, 0.4) is 0 Å². The molecule has 0 atom stereocenters. The summed E-state index contributed by atoms with van der Waals surface area (Å²) in [4.78, 5) is 28.2. The Morgan fingerprint density at radius 3 is 2.57 bits per heavy atom. The summed E-state index contributed by atoms with van der Waals surface area (Å²) in [7, 11) is 3.87. The predicted octanol–water partition coefficient (Wildman–Crippen LogP) is 4.15. The van der Waals surface area contributed by atoms with Gasteiger partial charge in [0.1, 0.15) is 0 Å². The molecule has 0 saturated carbocycles. The van der Waals surface area contributed by atoms with Crippen molar-refractivity contribution >= 4 is 69.1 Å². The van der Waals surface area contributed by atoms with Crippen molar-refractivity contribution in [3.05, 3.63) is 63.0 Å². The van der Waals surface area contributed by atoms with Crippen LogP contribution in [-0.4, -0.2) is 46.7 Å². The SMILES string of the molecule is CN(C)c1ccc(N2C(=O)C(=Cc3ccc(SCCO)c([N+](=O)[O-])c3)SC2=S)cc1. The number of nitro benzene ring substituents is 1. The van der Waals surface area contributed by atoms with Gasteiger partial charge >= 0.3 is 0 Å². The highest BCUT2D eigenvalue weighted by Crippen LogP contribution is 2.37. The first-order chi connectivity index (χ1) is 14.3. The van der Waals surface area contributed by atoms with Gasteiger partial charge in [0.2, 0.25) is 0 Å². The summed E-state index contributed by atoms with van der Waals surface area (Å²) in [5.41, 5.74) is 2.16. The Morgan fingerprint density at radius 2 is 1.97 bits per heavy atom. The standard InChI is InChI=1S/C20H19N3O4S3/c1-21(2)14-4-6-15(7-5-14)22-19(25)18(30-20(22)28)12-13-3-8-17(29-10-9-24)16(11-13)23(26)27/h3-8,11-12,24H,9-10H2,1-2H3. The summed E-state index contributed by atoms with van der Waals surface area (Å²) in [5.74, 6) is 0.106. The molecule has 30 heavy (non-hydrogen) atoms.